The lowest BCUT2D eigenvalue weighted by Crippen LogP contribution is -2.27. The molecular weight excluding hydrogens is 189 g/mol. The van der Waals surface area contributed by atoms with Crippen molar-refractivity contribution >= 4 is 5.69 Å². The molecule has 3 rings (SSSR count). The van der Waals surface area contributed by atoms with Crippen LogP contribution in [0.5, 0.6) is 0 Å². The summed E-state index contributed by atoms with van der Waals surface area (Å²) in [7, 11) is 0. The zero-order valence-electron chi connectivity index (χ0n) is 8.80. The maximum absolute atomic E-state index is 13.6. The fourth-order valence-electron chi connectivity index (χ4n) is 2.88. The second-order valence-corrected chi connectivity index (χ2v) is 4.72. The van der Waals surface area contributed by atoms with Gasteiger partial charge in [-0.2, -0.15) is 0 Å². The molecule has 1 fully saturated rings. The van der Waals surface area contributed by atoms with Crippen molar-refractivity contribution in [1.82, 2.24) is 0 Å². The molecule has 1 atom stereocenters. The quantitative estimate of drug-likeness (QED) is 0.739. The van der Waals surface area contributed by atoms with Crippen molar-refractivity contribution in [3.63, 3.8) is 0 Å². The summed E-state index contributed by atoms with van der Waals surface area (Å²) in [4.78, 5) is 0. The number of hydrogen-bond donors (Lipinski definition) is 1. The Labute approximate surface area is 89.7 Å². The monoisotopic (exact) mass is 205 g/mol. The van der Waals surface area contributed by atoms with Gasteiger partial charge in [-0.05, 0) is 42.7 Å². The van der Waals surface area contributed by atoms with Gasteiger partial charge in [0.2, 0.25) is 0 Å². The van der Waals surface area contributed by atoms with E-state index < -0.39 is 0 Å². The maximum Gasteiger partial charge on any atom is 0.146 e. The first kappa shape index (κ1) is 9.20. The van der Waals surface area contributed by atoms with Gasteiger partial charge in [0, 0.05) is 6.54 Å². The molecule has 1 aromatic carbocycles. The summed E-state index contributed by atoms with van der Waals surface area (Å²) in [5, 5.41) is 3.19. The van der Waals surface area contributed by atoms with Crippen molar-refractivity contribution in [3.05, 3.63) is 29.6 Å². The highest BCUT2D eigenvalue weighted by atomic mass is 19.1. The smallest absolute Gasteiger partial charge is 0.146 e. The summed E-state index contributed by atoms with van der Waals surface area (Å²) >= 11 is 0. The van der Waals surface area contributed by atoms with E-state index in [2.05, 4.69) is 11.4 Å². The predicted octanol–water partition coefficient (Wildman–Crippen LogP) is 3.53. The number of fused-ring (bicyclic) bond motifs is 1. The van der Waals surface area contributed by atoms with Gasteiger partial charge < -0.3 is 5.32 Å². The molecule has 0 spiro atoms. The van der Waals surface area contributed by atoms with E-state index in [1.165, 1.54) is 31.2 Å². The molecule has 1 unspecified atom stereocenters. The third-order valence-electron chi connectivity index (χ3n) is 3.92. The molecule has 0 amide bonds. The second-order valence-electron chi connectivity index (χ2n) is 4.72. The highest BCUT2D eigenvalue weighted by Crippen LogP contribution is 2.45. The van der Waals surface area contributed by atoms with Crippen molar-refractivity contribution in [1.29, 1.82) is 0 Å². The van der Waals surface area contributed by atoms with Gasteiger partial charge in [0.05, 0.1) is 5.69 Å². The van der Waals surface area contributed by atoms with Crippen LogP contribution < -0.4 is 5.32 Å². The first-order chi connectivity index (χ1) is 7.36. The van der Waals surface area contributed by atoms with E-state index in [9.17, 15) is 4.39 Å². The normalized spacial score (nSPS) is 25.3. The Morgan fingerprint density at radius 3 is 2.80 bits per heavy atom. The van der Waals surface area contributed by atoms with E-state index >= 15 is 0 Å². The lowest BCUT2D eigenvalue weighted by Gasteiger charge is -2.38. The van der Waals surface area contributed by atoms with E-state index in [0.717, 1.165) is 18.2 Å². The van der Waals surface area contributed by atoms with Crippen molar-refractivity contribution in [3.8, 4) is 0 Å². The summed E-state index contributed by atoms with van der Waals surface area (Å²) in [5.41, 5.74) is 1.98. The molecule has 0 saturated heterocycles. The Balaban J connectivity index is 1.98. The van der Waals surface area contributed by atoms with Crippen molar-refractivity contribution < 1.29 is 4.39 Å². The molecule has 1 nitrogen and oxygen atoms in total. The van der Waals surface area contributed by atoms with Gasteiger partial charge in [-0.25, -0.2) is 4.39 Å². The van der Waals surface area contributed by atoms with Crippen LogP contribution in [0.15, 0.2) is 18.2 Å². The lowest BCUT2D eigenvalue weighted by atomic mass is 9.70. The highest BCUT2D eigenvalue weighted by molar-refractivity contribution is 5.56. The number of hydrogen-bond acceptors (Lipinski definition) is 1. The zero-order chi connectivity index (χ0) is 10.3. The second kappa shape index (κ2) is 3.51. The number of nitrogens with one attached hydrogen (secondary N) is 1. The summed E-state index contributed by atoms with van der Waals surface area (Å²) < 4.78 is 13.6. The Kier molecular flexibility index (Phi) is 2.15. The Morgan fingerprint density at radius 2 is 2.07 bits per heavy atom. The number of anilines is 1. The molecule has 1 heterocycles. The van der Waals surface area contributed by atoms with Crippen LogP contribution in [0.3, 0.4) is 0 Å². The molecule has 80 valence electrons. The van der Waals surface area contributed by atoms with Crippen molar-refractivity contribution in [2.75, 3.05) is 11.9 Å². The molecule has 2 heteroatoms. The van der Waals surface area contributed by atoms with Crippen LogP contribution in [0.1, 0.15) is 37.2 Å². The molecule has 0 radical (unpaired) electrons. The SMILES string of the molecule is Fc1cccc2c1NCCC2C1CCC1. The standard InChI is InChI=1S/C13H16FN/c14-12-6-2-5-11-10(9-3-1-4-9)7-8-15-13(11)12/h2,5-6,9-10,15H,1,3-4,7-8H2. The fraction of sp³-hybridized carbons (Fsp3) is 0.538. The first-order valence-corrected chi connectivity index (χ1v) is 5.88. The van der Waals surface area contributed by atoms with Crippen LogP contribution in [0.2, 0.25) is 0 Å². The van der Waals surface area contributed by atoms with Crippen LogP contribution in [-0.4, -0.2) is 6.54 Å². The van der Waals surface area contributed by atoms with E-state index in [-0.39, 0.29) is 5.82 Å². The number of benzene rings is 1. The van der Waals surface area contributed by atoms with Gasteiger partial charge in [0.25, 0.3) is 0 Å². The van der Waals surface area contributed by atoms with Gasteiger partial charge in [-0.1, -0.05) is 18.6 Å². The maximum atomic E-state index is 13.6. The van der Waals surface area contributed by atoms with Crippen molar-refractivity contribution in [2.45, 2.75) is 31.6 Å². The summed E-state index contributed by atoms with van der Waals surface area (Å²) in [6.07, 6.45) is 5.20. The molecule has 15 heavy (non-hydrogen) atoms. The van der Waals surface area contributed by atoms with Crippen molar-refractivity contribution in [2.24, 2.45) is 5.92 Å². The predicted molar refractivity (Wildman–Crippen MR) is 59.6 cm³/mol. The van der Waals surface area contributed by atoms with Gasteiger partial charge >= 0.3 is 0 Å². The van der Waals surface area contributed by atoms with E-state index in [0.29, 0.717) is 5.92 Å². The van der Waals surface area contributed by atoms with Crippen LogP contribution in [0, 0.1) is 11.7 Å². The molecule has 1 N–H and O–H groups in total. The topological polar surface area (TPSA) is 12.0 Å². The van der Waals surface area contributed by atoms with Gasteiger partial charge in [0.1, 0.15) is 5.82 Å². The molecule has 1 aromatic rings. The average molecular weight is 205 g/mol. The third-order valence-corrected chi connectivity index (χ3v) is 3.92. The molecule has 1 aliphatic heterocycles. The number of halogens is 1. The lowest BCUT2D eigenvalue weighted by molar-refractivity contribution is 0.251. The van der Waals surface area contributed by atoms with E-state index in [1.807, 2.05) is 6.07 Å². The summed E-state index contributed by atoms with van der Waals surface area (Å²) in [6.45, 7) is 0.926. The third kappa shape index (κ3) is 1.43. The van der Waals surface area contributed by atoms with E-state index in [1.54, 1.807) is 6.07 Å². The Bertz CT molecular complexity index is 371. The zero-order valence-corrected chi connectivity index (χ0v) is 8.80. The van der Waals surface area contributed by atoms with Gasteiger partial charge in [0.15, 0.2) is 0 Å². The molecule has 0 bridgehead atoms. The van der Waals surface area contributed by atoms with Gasteiger partial charge in [-0.3, -0.25) is 0 Å². The largest absolute Gasteiger partial charge is 0.382 e. The van der Waals surface area contributed by atoms with Crippen LogP contribution in [0.4, 0.5) is 10.1 Å². The molecule has 1 saturated carbocycles. The van der Waals surface area contributed by atoms with Crippen LogP contribution in [-0.2, 0) is 0 Å². The highest BCUT2D eigenvalue weighted by Gasteiger charge is 2.32. The minimum Gasteiger partial charge on any atom is -0.382 e. The molecular formula is C13H16FN. The molecule has 1 aliphatic carbocycles. The van der Waals surface area contributed by atoms with E-state index in [4.69, 9.17) is 0 Å². The molecule has 0 aromatic heterocycles. The van der Waals surface area contributed by atoms with Crippen LogP contribution in [0.25, 0.3) is 0 Å². The summed E-state index contributed by atoms with van der Waals surface area (Å²) in [6, 6.07) is 5.48. The summed E-state index contributed by atoms with van der Waals surface area (Å²) in [5.74, 6) is 1.33. The average Bonchev–Trinajstić information content (AvgIpc) is 2.17. The minimum absolute atomic E-state index is 0.0866. The fourth-order valence-corrected chi connectivity index (χ4v) is 2.88. The Morgan fingerprint density at radius 1 is 1.20 bits per heavy atom. The minimum atomic E-state index is -0.0866. The van der Waals surface area contributed by atoms with Crippen LogP contribution >= 0.6 is 0 Å². The van der Waals surface area contributed by atoms with Gasteiger partial charge in [-0.15, -0.1) is 0 Å². The first-order valence-electron chi connectivity index (χ1n) is 5.88. The molecule has 2 aliphatic rings. The Hall–Kier alpha value is -1.05. The number of para-hydroxylation sites is 1. The number of rotatable bonds is 1.